The molecule has 1 aliphatic carbocycles. The molecular formula is C13H15ClN2O3. The van der Waals surface area contributed by atoms with Gasteiger partial charge in [-0.05, 0) is 31.0 Å². The Morgan fingerprint density at radius 1 is 1.47 bits per heavy atom. The molecule has 1 saturated carbocycles. The largest absolute Gasteiger partial charge is 0.452 e. The summed E-state index contributed by atoms with van der Waals surface area (Å²) in [4.78, 5) is 25.0. The predicted molar refractivity (Wildman–Crippen MR) is 71.9 cm³/mol. The number of nitrogens with zero attached hydrogens (tertiary/aromatic N) is 1. The number of amides is 1. The predicted octanol–water partition coefficient (Wildman–Crippen LogP) is 1.70. The maximum Gasteiger partial charge on any atom is 0.338 e. The average Bonchev–Trinajstić information content (AvgIpc) is 3.22. The number of rotatable bonds is 4. The maximum atomic E-state index is 11.7. The molecule has 0 aromatic heterocycles. The van der Waals surface area contributed by atoms with E-state index in [1.54, 1.807) is 11.9 Å². The van der Waals surface area contributed by atoms with Crippen LogP contribution in [0.5, 0.6) is 0 Å². The van der Waals surface area contributed by atoms with Crippen molar-refractivity contribution in [1.29, 1.82) is 0 Å². The van der Waals surface area contributed by atoms with E-state index >= 15 is 0 Å². The van der Waals surface area contributed by atoms with Gasteiger partial charge in [0.15, 0.2) is 6.61 Å². The monoisotopic (exact) mass is 282 g/mol. The van der Waals surface area contributed by atoms with Crippen molar-refractivity contribution in [1.82, 2.24) is 4.90 Å². The molecule has 0 saturated heterocycles. The quantitative estimate of drug-likeness (QED) is 0.674. The second-order valence-electron chi connectivity index (χ2n) is 4.55. The van der Waals surface area contributed by atoms with Gasteiger partial charge in [-0.1, -0.05) is 11.6 Å². The van der Waals surface area contributed by atoms with E-state index in [-0.39, 0.29) is 23.1 Å². The van der Waals surface area contributed by atoms with E-state index in [1.807, 2.05) is 0 Å². The second kappa shape index (κ2) is 5.48. The van der Waals surface area contributed by atoms with Crippen LogP contribution in [0, 0.1) is 0 Å². The highest BCUT2D eigenvalue weighted by Crippen LogP contribution is 2.25. The number of benzene rings is 1. The topological polar surface area (TPSA) is 72.6 Å². The fourth-order valence-electron chi connectivity index (χ4n) is 1.63. The summed E-state index contributed by atoms with van der Waals surface area (Å²) in [6, 6.07) is 4.77. The van der Waals surface area contributed by atoms with Gasteiger partial charge in [-0.25, -0.2) is 4.79 Å². The Morgan fingerprint density at radius 2 is 2.16 bits per heavy atom. The summed E-state index contributed by atoms with van der Waals surface area (Å²) < 4.78 is 4.95. The van der Waals surface area contributed by atoms with Crippen LogP contribution in [0.15, 0.2) is 18.2 Å². The lowest BCUT2D eigenvalue weighted by Crippen LogP contribution is -2.32. The van der Waals surface area contributed by atoms with Gasteiger partial charge in [0, 0.05) is 13.1 Å². The van der Waals surface area contributed by atoms with E-state index in [9.17, 15) is 9.59 Å². The van der Waals surface area contributed by atoms with Gasteiger partial charge in [-0.2, -0.15) is 0 Å². The number of nitrogen functional groups attached to an aromatic ring is 1. The molecule has 19 heavy (non-hydrogen) atoms. The smallest absolute Gasteiger partial charge is 0.338 e. The number of hydrogen-bond acceptors (Lipinski definition) is 4. The Balaban J connectivity index is 1.89. The zero-order valence-corrected chi connectivity index (χ0v) is 11.3. The van der Waals surface area contributed by atoms with Gasteiger partial charge in [-0.15, -0.1) is 0 Å². The number of anilines is 1. The van der Waals surface area contributed by atoms with E-state index in [0.717, 1.165) is 12.8 Å². The van der Waals surface area contributed by atoms with Gasteiger partial charge in [0.1, 0.15) is 0 Å². The highest BCUT2D eigenvalue weighted by Gasteiger charge is 2.29. The van der Waals surface area contributed by atoms with Crippen molar-refractivity contribution in [2.45, 2.75) is 18.9 Å². The van der Waals surface area contributed by atoms with E-state index < -0.39 is 5.97 Å². The zero-order chi connectivity index (χ0) is 14.0. The minimum atomic E-state index is -0.584. The zero-order valence-electron chi connectivity index (χ0n) is 10.6. The van der Waals surface area contributed by atoms with Crippen molar-refractivity contribution in [2.75, 3.05) is 19.4 Å². The second-order valence-corrected chi connectivity index (χ2v) is 4.96. The Labute approximate surface area is 116 Å². The molecule has 5 nitrogen and oxygen atoms in total. The van der Waals surface area contributed by atoms with Gasteiger partial charge in [-0.3, -0.25) is 4.79 Å². The van der Waals surface area contributed by atoms with E-state index in [4.69, 9.17) is 22.1 Å². The molecule has 0 aliphatic heterocycles. The number of carbonyl (C=O) groups excluding carboxylic acids is 2. The maximum absolute atomic E-state index is 11.7. The van der Waals surface area contributed by atoms with E-state index in [0.29, 0.717) is 11.7 Å². The third kappa shape index (κ3) is 3.38. The highest BCUT2D eigenvalue weighted by molar-refractivity contribution is 6.33. The minimum Gasteiger partial charge on any atom is -0.452 e. The fourth-order valence-corrected chi connectivity index (χ4v) is 1.81. The molecule has 1 amide bonds. The first-order chi connectivity index (χ1) is 8.99. The molecule has 2 rings (SSSR count). The fraction of sp³-hybridized carbons (Fsp3) is 0.385. The van der Waals surface area contributed by atoms with E-state index in [1.165, 1.54) is 18.2 Å². The van der Waals surface area contributed by atoms with Crippen LogP contribution in [0.25, 0.3) is 0 Å². The number of hydrogen-bond donors (Lipinski definition) is 1. The van der Waals surface area contributed by atoms with Crippen LogP contribution in [0.2, 0.25) is 5.02 Å². The molecule has 1 fully saturated rings. The molecule has 1 aromatic carbocycles. The number of halogens is 1. The minimum absolute atomic E-state index is 0.197. The first-order valence-electron chi connectivity index (χ1n) is 5.97. The van der Waals surface area contributed by atoms with Gasteiger partial charge in [0.25, 0.3) is 5.91 Å². The van der Waals surface area contributed by atoms with Crippen molar-refractivity contribution in [2.24, 2.45) is 0 Å². The number of likely N-dealkylation sites (N-methyl/N-ethyl adjacent to an activating group) is 1. The lowest BCUT2D eigenvalue weighted by molar-refractivity contribution is -0.133. The number of nitrogens with two attached hydrogens (primary N) is 1. The van der Waals surface area contributed by atoms with E-state index in [2.05, 4.69) is 0 Å². The molecule has 0 heterocycles. The number of esters is 1. The molecule has 6 heteroatoms. The van der Waals surface area contributed by atoms with Crippen molar-refractivity contribution < 1.29 is 14.3 Å². The molecule has 1 aromatic rings. The van der Waals surface area contributed by atoms with Gasteiger partial charge >= 0.3 is 5.97 Å². The Kier molecular flexibility index (Phi) is 3.95. The van der Waals surface area contributed by atoms with Crippen molar-refractivity contribution >= 4 is 29.2 Å². The van der Waals surface area contributed by atoms with Crippen LogP contribution in [0.1, 0.15) is 23.2 Å². The van der Waals surface area contributed by atoms with Crippen LogP contribution in [-0.4, -0.2) is 36.5 Å². The highest BCUT2D eigenvalue weighted by atomic mass is 35.5. The summed E-state index contributed by atoms with van der Waals surface area (Å²) in [7, 11) is 1.72. The third-order valence-corrected chi connectivity index (χ3v) is 3.38. The molecule has 0 unspecified atom stereocenters. The summed E-state index contributed by atoms with van der Waals surface area (Å²) in [6.45, 7) is -0.256. The molecule has 2 N–H and O–H groups in total. The molecule has 0 radical (unpaired) electrons. The normalized spacial score (nSPS) is 14.0. The summed E-state index contributed by atoms with van der Waals surface area (Å²) >= 11 is 5.81. The third-order valence-electron chi connectivity index (χ3n) is 3.05. The van der Waals surface area contributed by atoms with Gasteiger partial charge in [0.2, 0.25) is 0 Å². The molecule has 0 atom stereocenters. The molecule has 102 valence electrons. The van der Waals surface area contributed by atoms with Gasteiger partial charge < -0.3 is 15.4 Å². The van der Waals surface area contributed by atoms with Crippen LogP contribution in [0.4, 0.5) is 5.69 Å². The van der Waals surface area contributed by atoms with Crippen molar-refractivity contribution in [3.8, 4) is 0 Å². The summed E-state index contributed by atoms with van der Waals surface area (Å²) in [5, 5.41) is 0.288. The first kappa shape index (κ1) is 13.7. The standard InChI is InChI=1S/C13H15ClN2O3/c1-16(9-3-4-9)12(17)7-19-13(18)8-2-5-11(15)10(14)6-8/h2,5-6,9H,3-4,7,15H2,1H3. The molecular weight excluding hydrogens is 268 g/mol. The Morgan fingerprint density at radius 3 is 2.74 bits per heavy atom. The summed E-state index contributed by atoms with van der Waals surface area (Å²) in [6.07, 6.45) is 2.04. The molecule has 0 spiro atoms. The van der Waals surface area contributed by atoms with Crippen LogP contribution in [0.3, 0.4) is 0 Å². The number of carbonyl (C=O) groups is 2. The average molecular weight is 283 g/mol. The SMILES string of the molecule is CN(C(=O)COC(=O)c1ccc(N)c(Cl)c1)C1CC1. The Bertz CT molecular complexity index is 515. The van der Waals surface area contributed by atoms with Gasteiger partial charge in [0.05, 0.1) is 16.3 Å². The van der Waals surface area contributed by atoms with Crippen LogP contribution in [-0.2, 0) is 9.53 Å². The lowest BCUT2D eigenvalue weighted by Gasteiger charge is -2.15. The van der Waals surface area contributed by atoms with Crippen molar-refractivity contribution in [3.05, 3.63) is 28.8 Å². The molecule has 1 aliphatic rings. The summed E-state index contributed by atoms with van der Waals surface area (Å²) in [5.74, 6) is -0.781. The lowest BCUT2D eigenvalue weighted by atomic mass is 10.2. The molecule has 0 bridgehead atoms. The Hall–Kier alpha value is -1.75. The number of ether oxygens (including phenoxy) is 1. The van der Waals surface area contributed by atoms with Crippen molar-refractivity contribution in [3.63, 3.8) is 0 Å². The summed E-state index contributed by atoms with van der Waals surface area (Å²) in [5.41, 5.74) is 6.22. The van der Waals surface area contributed by atoms with Crippen LogP contribution >= 0.6 is 11.6 Å². The van der Waals surface area contributed by atoms with Crippen LogP contribution < -0.4 is 5.73 Å². The first-order valence-corrected chi connectivity index (χ1v) is 6.34.